The Labute approximate surface area is 190 Å². The third kappa shape index (κ3) is 4.49. The minimum Gasteiger partial charge on any atom is -0.339 e. The summed E-state index contributed by atoms with van der Waals surface area (Å²) >= 11 is 6.42. The number of hydrogen-bond donors (Lipinski definition) is 1. The number of carbonyl (C=O) groups excluding carboxylic acids is 1. The van der Waals surface area contributed by atoms with Crippen LogP contribution in [-0.2, 0) is 10.2 Å². The van der Waals surface area contributed by atoms with E-state index in [1.54, 1.807) is 0 Å². The Hall–Kier alpha value is -2.36. The number of carbonyl (C=O) groups is 1. The molecule has 0 aromatic heterocycles. The second-order valence-electron chi connectivity index (χ2n) is 9.03. The van der Waals surface area contributed by atoms with E-state index in [0.717, 1.165) is 35.7 Å². The van der Waals surface area contributed by atoms with Crippen molar-refractivity contribution in [2.75, 3.05) is 13.6 Å². The molecular weight excluding hydrogens is 404 g/mol. The molecule has 1 fully saturated rings. The molecule has 0 spiro atoms. The lowest BCUT2D eigenvalue weighted by Gasteiger charge is -2.42. The fourth-order valence-corrected chi connectivity index (χ4v) is 5.36. The van der Waals surface area contributed by atoms with Gasteiger partial charge in [-0.25, -0.2) is 0 Å². The Morgan fingerprint density at radius 1 is 1.16 bits per heavy atom. The minimum absolute atomic E-state index is 0.0666. The summed E-state index contributed by atoms with van der Waals surface area (Å²) in [5.74, 6) is 0.175. The van der Waals surface area contributed by atoms with E-state index in [1.165, 1.54) is 5.56 Å². The fourth-order valence-electron chi connectivity index (χ4n) is 5.12. The first-order valence-electron chi connectivity index (χ1n) is 11.1. The van der Waals surface area contributed by atoms with Crippen molar-refractivity contribution in [1.82, 2.24) is 10.2 Å². The molecule has 0 saturated carbocycles. The van der Waals surface area contributed by atoms with Crippen molar-refractivity contribution in [1.29, 1.82) is 0 Å². The second-order valence-corrected chi connectivity index (χ2v) is 9.47. The molecule has 3 aromatic carbocycles. The fraction of sp³-hybridized carbons (Fsp3) is 0.370. The summed E-state index contributed by atoms with van der Waals surface area (Å²) in [5, 5.41) is 6.50. The lowest BCUT2D eigenvalue weighted by molar-refractivity contribution is -0.133. The SMILES string of the molecule is CC1CC(CC(=O)N(C)C(C)c2cc(Cl)cc3ccccc23)(c2ccccc2)CCN1. The number of nitrogens with one attached hydrogen (secondary N) is 1. The maximum Gasteiger partial charge on any atom is 0.223 e. The van der Waals surface area contributed by atoms with E-state index in [2.05, 4.69) is 55.6 Å². The first kappa shape index (κ1) is 21.9. The van der Waals surface area contributed by atoms with Crippen LogP contribution in [0, 0.1) is 0 Å². The maximum atomic E-state index is 13.6. The van der Waals surface area contributed by atoms with E-state index in [4.69, 9.17) is 11.6 Å². The van der Waals surface area contributed by atoms with Crippen molar-refractivity contribution >= 4 is 28.3 Å². The van der Waals surface area contributed by atoms with Gasteiger partial charge in [0.2, 0.25) is 5.91 Å². The van der Waals surface area contributed by atoms with Crippen LogP contribution in [0.15, 0.2) is 66.7 Å². The van der Waals surface area contributed by atoms with Gasteiger partial charge < -0.3 is 10.2 Å². The predicted molar refractivity (Wildman–Crippen MR) is 130 cm³/mol. The minimum atomic E-state index is -0.132. The van der Waals surface area contributed by atoms with E-state index in [9.17, 15) is 4.79 Å². The third-order valence-electron chi connectivity index (χ3n) is 6.95. The van der Waals surface area contributed by atoms with Gasteiger partial charge in [-0.3, -0.25) is 4.79 Å². The molecular formula is C27H31ClN2O. The van der Waals surface area contributed by atoms with Crippen molar-refractivity contribution in [2.45, 2.75) is 50.6 Å². The highest BCUT2D eigenvalue weighted by Gasteiger charge is 2.39. The summed E-state index contributed by atoms with van der Waals surface area (Å²) in [7, 11) is 1.92. The third-order valence-corrected chi connectivity index (χ3v) is 7.17. The van der Waals surface area contributed by atoms with Crippen LogP contribution in [0.25, 0.3) is 10.8 Å². The van der Waals surface area contributed by atoms with Crippen LogP contribution in [0.3, 0.4) is 0 Å². The van der Waals surface area contributed by atoms with Crippen LogP contribution < -0.4 is 5.32 Å². The smallest absolute Gasteiger partial charge is 0.223 e. The number of piperidine rings is 1. The van der Waals surface area contributed by atoms with Crippen LogP contribution >= 0.6 is 11.6 Å². The molecule has 1 saturated heterocycles. The Morgan fingerprint density at radius 2 is 1.87 bits per heavy atom. The summed E-state index contributed by atoms with van der Waals surface area (Å²) < 4.78 is 0. The summed E-state index contributed by atoms with van der Waals surface area (Å²) in [6.07, 6.45) is 2.45. The van der Waals surface area contributed by atoms with Crippen LogP contribution in [0.2, 0.25) is 5.02 Å². The average molecular weight is 435 g/mol. The largest absolute Gasteiger partial charge is 0.339 e. The van der Waals surface area contributed by atoms with Gasteiger partial charge in [0.25, 0.3) is 0 Å². The van der Waals surface area contributed by atoms with Crippen molar-refractivity contribution in [2.24, 2.45) is 0 Å². The van der Waals surface area contributed by atoms with Gasteiger partial charge >= 0.3 is 0 Å². The van der Waals surface area contributed by atoms with Gasteiger partial charge in [0.15, 0.2) is 0 Å². The van der Waals surface area contributed by atoms with Gasteiger partial charge in [0.1, 0.15) is 0 Å². The number of amides is 1. The molecule has 1 aliphatic heterocycles. The van der Waals surface area contributed by atoms with E-state index >= 15 is 0 Å². The Morgan fingerprint density at radius 3 is 2.61 bits per heavy atom. The molecule has 1 amide bonds. The molecule has 162 valence electrons. The molecule has 1 N–H and O–H groups in total. The summed E-state index contributed by atoms with van der Waals surface area (Å²) in [5.41, 5.74) is 2.23. The molecule has 3 atom stereocenters. The molecule has 0 radical (unpaired) electrons. The van der Waals surface area contributed by atoms with Crippen molar-refractivity contribution < 1.29 is 4.79 Å². The molecule has 0 bridgehead atoms. The summed E-state index contributed by atoms with van der Waals surface area (Å²) in [6.45, 7) is 5.24. The normalized spacial score (nSPS) is 22.3. The molecule has 1 aliphatic rings. The van der Waals surface area contributed by atoms with Crippen LogP contribution in [0.1, 0.15) is 50.3 Å². The van der Waals surface area contributed by atoms with Crippen LogP contribution in [-0.4, -0.2) is 30.4 Å². The topological polar surface area (TPSA) is 32.3 Å². The molecule has 4 rings (SSSR count). The van der Waals surface area contributed by atoms with Gasteiger partial charge in [-0.2, -0.15) is 0 Å². The first-order chi connectivity index (χ1) is 14.9. The molecule has 0 aliphatic carbocycles. The van der Waals surface area contributed by atoms with E-state index in [-0.39, 0.29) is 17.4 Å². The maximum absolute atomic E-state index is 13.6. The summed E-state index contributed by atoms with van der Waals surface area (Å²) in [6, 6.07) is 23.1. The van der Waals surface area contributed by atoms with Gasteiger partial charge in [0.05, 0.1) is 6.04 Å². The number of benzene rings is 3. The zero-order chi connectivity index (χ0) is 22.0. The number of halogens is 1. The highest BCUT2D eigenvalue weighted by molar-refractivity contribution is 6.31. The lowest BCUT2D eigenvalue weighted by atomic mass is 9.68. The van der Waals surface area contributed by atoms with Gasteiger partial charge in [-0.1, -0.05) is 66.2 Å². The van der Waals surface area contributed by atoms with Gasteiger partial charge in [-0.15, -0.1) is 0 Å². The Kier molecular flexibility index (Phi) is 6.36. The van der Waals surface area contributed by atoms with Crippen LogP contribution in [0.4, 0.5) is 0 Å². The number of hydrogen-bond acceptors (Lipinski definition) is 2. The monoisotopic (exact) mass is 434 g/mol. The highest BCUT2D eigenvalue weighted by atomic mass is 35.5. The Balaban J connectivity index is 1.63. The molecule has 3 aromatic rings. The number of rotatable bonds is 5. The second kappa shape index (κ2) is 9.02. The first-order valence-corrected chi connectivity index (χ1v) is 11.5. The molecule has 3 nitrogen and oxygen atoms in total. The molecule has 3 unspecified atom stereocenters. The van der Waals surface area contributed by atoms with Crippen LogP contribution in [0.5, 0.6) is 0 Å². The van der Waals surface area contributed by atoms with Crippen molar-refractivity contribution in [3.8, 4) is 0 Å². The van der Waals surface area contributed by atoms with Crippen molar-refractivity contribution in [3.63, 3.8) is 0 Å². The van der Waals surface area contributed by atoms with Gasteiger partial charge in [-0.05, 0) is 67.3 Å². The molecule has 4 heteroatoms. The standard InChI is InChI=1S/C27H31ClN2O/c1-19-17-27(13-14-29-19,22-10-5-4-6-11-22)18-26(31)30(3)20(2)25-16-23(28)15-21-9-7-8-12-24(21)25/h4-12,15-16,19-20,29H,13-14,17-18H2,1-3H3. The molecule has 1 heterocycles. The van der Waals surface area contributed by atoms with E-state index < -0.39 is 0 Å². The molecule has 31 heavy (non-hydrogen) atoms. The number of fused-ring (bicyclic) bond motifs is 1. The Bertz CT molecular complexity index is 1070. The zero-order valence-corrected chi connectivity index (χ0v) is 19.3. The van der Waals surface area contributed by atoms with Crippen molar-refractivity contribution in [3.05, 3.63) is 82.9 Å². The van der Waals surface area contributed by atoms with E-state index in [1.807, 2.05) is 42.3 Å². The average Bonchev–Trinajstić information content (AvgIpc) is 2.78. The predicted octanol–water partition coefficient (Wildman–Crippen LogP) is 6.11. The number of nitrogens with zero attached hydrogens (tertiary/aromatic N) is 1. The summed E-state index contributed by atoms with van der Waals surface area (Å²) in [4.78, 5) is 15.5. The zero-order valence-electron chi connectivity index (χ0n) is 18.6. The highest BCUT2D eigenvalue weighted by Crippen LogP contribution is 2.40. The quantitative estimate of drug-likeness (QED) is 0.525. The lowest BCUT2D eigenvalue weighted by Crippen LogP contribution is -2.47. The van der Waals surface area contributed by atoms with E-state index in [0.29, 0.717) is 17.5 Å². The van der Waals surface area contributed by atoms with Gasteiger partial charge in [0, 0.05) is 29.9 Å².